The molecule has 0 amide bonds. The molecule has 0 aliphatic heterocycles. The number of aliphatic carboxylic acids is 1. The van der Waals surface area contributed by atoms with Crippen LogP contribution in [-0.4, -0.2) is 62.5 Å². The van der Waals surface area contributed by atoms with Crippen LogP contribution >= 0.6 is 0 Å². The van der Waals surface area contributed by atoms with Gasteiger partial charge in [-0.1, -0.05) is 57.6 Å². The number of hydrogen-bond acceptors (Lipinski definition) is 1. The van der Waals surface area contributed by atoms with Crippen LogP contribution in [0.1, 0.15) is 84.0 Å². The normalized spacial score (nSPS) is 10.6. The van der Waals surface area contributed by atoms with Crippen LogP contribution in [0.5, 0.6) is 0 Å². The van der Waals surface area contributed by atoms with Gasteiger partial charge in [-0.15, -0.1) is 0 Å². The van der Waals surface area contributed by atoms with E-state index < -0.39 is 5.97 Å². The van der Waals surface area contributed by atoms with Crippen molar-refractivity contribution in [1.82, 2.24) is 0 Å². The van der Waals surface area contributed by atoms with E-state index in [9.17, 15) is 4.79 Å². The van der Waals surface area contributed by atoms with E-state index in [1.54, 1.807) is 0 Å². The summed E-state index contributed by atoms with van der Waals surface area (Å²) in [6.45, 7) is 2.24. The Labute approximate surface area is 161 Å². The van der Waals surface area contributed by atoms with Crippen molar-refractivity contribution in [2.45, 2.75) is 84.0 Å². The van der Waals surface area contributed by atoms with Crippen LogP contribution in [0, 0.1) is 0 Å². The number of carboxylic acid groups (broad SMARTS) is 1. The Kier molecular flexibility index (Phi) is 22.0. The summed E-state index contributed by atoms with van der Waals surface area (Å²) in [5, 5.41) is 8.48. The maximum absolute atomic E-state index is 10.3. The second-order valence-electron chi connectivity index (χ2n) is 5.02. The predicted molar refractivity (Wildman–Crippen MR) is 85.0 cm³/mol. The van der Waals surface area contributed by atoms with Gasteiger partial charge in [-0.25, -0.2) is 0 Å². The molecule has 0 unspecified atom stereocenters. The molecule has 19 heavy (non-hydrogen) atoms. The number of hydrogen-bond donors (Lipinski definition) is 1. The first-order chi connectivity index (χ1) is 8.77. The van der Waals surface area contributed by atoms with Crippen LogP contribution in [0.25, 0.3) is 0 Å². The second-order valence-corrected chi connectivity index (χ2v) is 5.02. The van der Waals surface area contributed by atoms with Gasteiger partial charge in [0.05, 0.1) is 0 Å². The van der Waals surface area contributed by atoms with E-state index >= 15 is 0 Å². The third kappa shape index (κ3) is 21.3. The molecular weight excluding hydrogens is 263 g/mol. The zero-order valence-corrected chi connectivity index (χ0v) is 12.0. The molecular formula is C16H31KO2. The zero-order chi connectivity index (χ0) is 13.5. The van der Waals surface area contributed by atoms with Crippen LogP contribution in [0.2, 0.25) is 0 Å². The van der Waals surface area contributed by atoms with Crippen LogP contribution in [-0.2, 0) is 4.79 Å². The first kappa shape index (κ1) is 22.1. The van der Waals surface area contributed by atoms with E-state index in [2.05, 4.69) is 19.1 Å². The molecule has 0 saturated heterocycles. The monoisotopic (exact) mass is 294 g/mol. The Morgan fingerprint density at radius 2 is 1.32 bits per heavy atom. The topological polar surface area (TPSA) is 37.3 Å². The summed E-state index contributed by atoms with van der Waals surface area (Å²) in [6.07, 6.45) is 18.3. The molecule has 0 spiro atoms. The molecule has 0 fully saturated rings. The fourth-order valence-electron chi connectivity index (χ4n) is 1.99. The SMILES string of the molecule is CCCCCC/C=C\CCCCCCCC(=O)O.[KH]. The molecule has 0 aromatic rings. The molecule has 0 heterocycles. The second kappa shape index (κ2) is 18.8. The number of carbonyl (C=O) groups is 1. The van der Waals surface area contributed by atoms with Crippen LogP contribution < -0.4 is 0 Å². The minimum absolute atomic E-state index is 0. The van der Waals surface area contributed by atoms with Crippen molar-refractivity contribution < 1.29 is 9.90 Å². The first-order valence-corrected chi connectivity index (χ1v) is 7.64. The van der Waals surface area contributed by atoms with Gasteiger partial charge < -0.3 is 5.11 Å². The minimum atomic E-state index is -0.666. The van der Waals surface area contributed by atoms with Crippen LogP contribution in [0.15, 0.2) is 12.2 Å². The van der Waals surface area contributed by atoms with Gasteiger partial charge in [0, 0.05) is 6.42 Å². The Hall–Kier alpha value is 0.846. The Morgan fingerprint density at radius 1 is 0.842 bits per heavy atom. The summed E-state index contributed by atoms with van der Waals surface area (Å²) in [7, 11) is 0. The molecule has 0 aromatic heterocycles. The van der Waals surface area contributed by atoms with Gasteiger partial charge >= 0.3 is 57.4 Å². The van der Waals surface area contributed by atoms with E-state index in [0.29, 0.717) is 6.42 Å². The number of carboxylic acids is 1. The molecule has 0 bridgehead atoms. The van der Waals surface area contributed by atoms with Crippen molar-refractivity contribution in [1.29, 1.82) is 0 Å². The number of rotatable bonds is 13. The first-order valence-electron chi connectivity index (χ1n) is 7.64. The molecule has 0 atom stereocenters. The molecule has 108 valence electrons. The average Bonchev–Trinajstić information content (AvgIpc) is 2.34. The molecule has 0 radical (unpaired) electrons. The Morgan fingerprint density at radius 3 is 1.84 bits per heavy atom. The van der Waals surface area contributed by atoms with Gasteiger partial charge in [-0.3, -0.25) is 4.79 Å². The summed E-state index contributed by atoms with van der Waals surface area (Å²) in [4.78, 5) is 10.3. The summed E-state index contributed by atoms with van der Waals surface area (Å²) < 4.78 is 0. The van der Waals surface area contributed by atoms with Gasteiger partial charge in [-0.05, 0) is 32.1 Å². The Balaban J connectivity index is 0. The molecule has 2 nitrogen and oxygen atoms in total. The summed E-state index contributed by atoms with van der Waals surface area (Å²) in [5.74, 6) is -0.666. The molecule has 0 rings (SSSR count). The summed E-state index contributed by atoms with van der Waals surface area (Å²) in [5.41, 5.74) is 0. The molecule has 1 N–H and O–H groups in total. The van der Waals surface area contributed by atoms with E-state index in [0.717, 1.165) is 12.8 Å². The third-order valence-corrected chi connectivity index (χ3v) is 3.15. The fraction of sp³-hybridized carbons (Fsp3) is 0.812. The van der Waals surface area contributed by atoms with Crippen molar-refractivity contribution in [2.24, 2.45) is 0 Å². The maximum atomic E-state index is 10.3. The summed E-state index contributed by atoms with van der Waals surface area (Å²) >= 11 is 0. The number of unbranched alkanes of at least 4 members (excludes halogenated alkanes) is 9. The average molecular weight is 295 g/mol. The predicted octanol–water partition coefficient (Wildman–Crippen LogP) is 4.68. The van der Waals surface area contributed by atoms with Gasteiger partial charge in [-0.2, -0.15) is 0 Å². The van der Waals surface area contributed by atoms with Gasteiger partial charge in [0.25, 0.3) is 0 Å². The van der Waals surface area contributed by atoms with E-state index in [1.807, 2.05) is 0 Å². The van der Waals surface area contributed by atoms with E-state index in [-0.39, 0.29) is 51.4 Å². The van der Waals surface area contributed by atoms with Crippen molar-refractivity contribution in [3.63, 3.8) is 0 Å². The van der Waals surface area contributed by atoms with Crippen molar-refractivity contribution in [3.05, 3.63) is 12.2 Å². The van der Waals surface area contributed by atoms with Gasteiger partial charge in [0.2, 0.25) is 0 Å². The molecule has 0 aliphatic carbocycles. The van der Waals surface area contributed by atoms with Gasteiger partial charge in [0.15, 0.2) is 0 Å². The Bertz CT molecular complexity index is 215. The van der Waals surface area contributed by atoms with E-state index in [1.165, 1.54) is 57.8 Å². The van der Waals surface area contributed by atoms with Gasteiger partial charge in [0.1, 0.15) is 0 Å². The fourth-order valence-corrected chi connectivity index (χ4v) is 1.99. The molecule has 0 saturated carbocycles. The standard InChI is InChI=1S/C16H30O2.K.H/c1-2-3-4-5-6-7-8-9-10-11-12-13-14-15-16(17)18;;/h7-8H,2-6,9-15H2,1H3,(H,17,18);;/b8-7-;;. The zero-order valence-electron chi connectivity index (χ0n) is 12.0. The van der Waals surface area contributed by atoms with Crippen molar-refractivity contribution in [2.75, 3.05) is 0 Å². The number of allylic oxidation sites excluding steroid dienone is 2. The molecule has 3 heteroatoms. The van der Waals surface area contributed by atoms with Crippen molar-refractivity contribution in [3.8, 4) is 0 Å². The molecule has 0 aliphatic rings. The van der Waals surface area contributed by atoms with Crippen LogP contribution in [0.3, 0.4) is 0 Å². The summed E-state index contributed by atoms with van der Waals surface area (Å²) in [6, 6.07) is 0. The van der Waals surface area contributed by atoms with Crippen molar-refractivity contribution >= 4 is 57.4 Å². The third-order valence-electron chi connectivity index (χ3n) is 3.15. The quantitative estimate of drug-likeness (QED) is 0.304. The van der Waals surface area contributed by atoms with Crippen LogP contribution in [0.4, 0.5) is 0 Å². The molecule has 0 aromatic carbocycles. The van der Waals surface area contributed by atoms with E-state index in [4.69, 9.17) is 5.11 Å².